The van der Waals surface area contributed by atoms with Crippen LogP contribution >= 0.6 is 0 Å². The number of aromatic nitrogens is 2. The molecule has 1 heterocycles. The highest BCUT2D eigenvalue weighted by molar-refractivity contribution is 5.41. The van der Waals surface area contributed by atoms with Crippen LogP contribution in [0, 0.1) is 6.92 Å². The van der Waals surface area contributed by atoms with Crippen LogP contribution in [0.3, 0.4) is 0 Å². The molecule has 19 heavy (non-hydrogen) atoms. The van der Waals surface area contributed by atoms with E-state index in [2.05, 4.69) is 5.10 Å². The molecule has 0 fully saturated rings. The number of aryl methyl sites for hydroxylation is 2. The zero-order valence-corrected chi connectivity index (χ0v) is 11.5. The second kappa shape index (κ2) is 5.32. The van der Waals surface area contributed by atoms with Gasteiger partial charge in [-0.15, -0.1) is 0 Å². The fraction of sp³-hybridized carbons (Fsp3) is 0.357. The van der Waals surface area contributed by atoms with Gasteiger partial charge >= 0.3 is 0 Å². The van der Waals surface area contributed by atoms with Gasteiger partial charge in [0.15, 0.2) is 0 Å². The topological polar surface area (TPSA) is 56.5 Å². The minimum absolute atomic E-state index is 0.646. The molecular formula is C14H18N2O3. The van der Waals surface area contributed by atoms with Crippen molar-refractivity contribution in [3.63, 3.8) is 0 Å². The average Bonchev–Trinajstić information content (AvgIpc) is 2.76. The van der Waals surface area contributed by atoms with Gasteiger partial charge in [0, 0.05) is 13.1 Å². The van der Waals surface area contributed by atoms with Gasteiger partial charge in [0.1, 0.15) is 17.6 Å². The maximum atomic E-state index is 10.5. The molecule has 0 aliphatic rings. The fourth-order valence-corrected chi connectivity index (χ4v) is 2.04. The first-order valence-corrected chi connectivity index (χ1v) is 5.96. The lowest BCUT2D eigenvalue weighted by Crippen LogP contribution is -2.07. The van der Waals surface area contributed by atoms with Gasteiger partial charge < -0.3 is 14.6 Å². The average molecular weight is 262 g/mol. The van der Waals surface area contributed by atoms with Crippen molar-refractivity contribution in [1.82, 2.24) is 9.78 Å². The number of methoxy groups -OCH3 is 2. The summed E-state index contributed by atoms with van der Waals surface area (Å²) < 4.78 is 12.1. The number of hydrogen-bond acceptors (Lipinski definition) is 4. The van der Waals surface area contributed by atoms with Crippen molar-refractivity contribution in [3.05, 3.63) is 41.2 Å². The number of benzene rings is 1. The predicted molar refractivity (Wildman–Crippen MR) is 71.6 cm³/mol. The summed E-state index contributed by atoms with van der Waals surface area (Å²) in [4.78, 5) is 0. The first kappa shape index (κ1) is 13.4. The van der Waals surface area contributed by atoms with Crippen molar-refractivity contribution < 1.29 is 14.6 Å². The summed E-state index contributed by atoms with van der Waals surface area (Å²) in [5.74, 6) is 1.29. The Morgan fingerprint density at radius 3 is 2.11 bits per heavy atom. The lowest BCUT2D eigenvalue weighted by atomic mass is 10.1. The fourth-order valence-electron chi connectivity index (χ4n) is 2.04. The maximum Gasteiger partial charge on any atom is 0.122 e. The summed E-state index contributed by atoms with van der Waals surface area (Å²) in [6, 6.07) is 7.20. The minimum Gasteiger partial charge on any atom is -0.497 e. The van der Waals surface area contributed by atoms with Gasteiger partial charge in [0.2, 0.25) is 0 Å². The summed E-state index contributed by atoms with van der Waals surface area (Å²) in [7, 11) is 4.97. The SMILES string of the molecule is COc1cc(OC)cc(C(O)c2cc(C)nn2C)c1. The Bertz CT molecular complexity index is 556. The molecular weight excluding hydrogens is 244 g/mol. The summed E-state index contributed by atoms with van der Waals surface area (Å²) in [6.07, 6.45) is -0.768. The zero-order chi connectivity index (χ0) is 14.0. The Balaban J connectivity index is 2.43. The van der Waals surface area contributed by atoms with E-state index in [0.717, 1.165) is 11.4 Å². The van der Waals surface area contributed by atoms with Gasteiger partial charge in [-0.3, -0.25) is 4.68 Å². The van der Waals surface area contributed by atoms with E-state index in [4.69, 9.17) is 9.47 Å². The van der Waals surface area contributed by atoms with Crippen LogP contribution in [0.15, 0.2) is 24.3 Å². The van der Waals surface area contributed by atoms with Gasteiger partial charge in [0.25, 0.3) is 0 Å². The van der Waals surface area contributed by atoms with E-state index in [0.29, 0.717) is 17.1 Å². The zero-order valence-electron chi connectivity index (χ0n) is 11.5. The number of nitrogens with zero attached hydrogens (tertiary/aromatic N) is 2. The molecule has 0 spiro atoms. The molecule has 1 atom stereocenters. The van der Waals surface area contributed by atoms with E-state index in [-0.39, 0.29) is 0 Å². The van der Waals surface area contributed by atoms with Crippen molar-refractivity contribution in [3.8, 4) is 11.5 Å². The third-order valence-corrected chi connectivity index (χ3v) is 3.01. The predicted octanol–water partition coefficient (Wildman–Crippen LogP) is 1.83. The first-order chi connectivity index (χ1) is 9.05. The monoisotopic (exact) mass is 262 g/mol. The van der Waals surface area contributed by atoms with Crippen LogP contribution in [-0.4, -0.2) is 29.1 Å². The molecule has 102 valence electrons. The molecule has 0 bridgehead atoms. The molecule has 0 saturated carbocycles. The van der Waals surface area contributed by atoms with Gasteiger partial charge in [-0.05, 0) is 30.7 Å². The second-order valence-corrected chi connectivity index (χ2v) is 4.38. The highest BCUT2D eigenvalue weighted by Crippen LogP contribution is 2.29. The summed E-state index contributed by atoms with van der Waals surface area (Å²) in [5.41, 5.74) is 2.30. The highest BCUT2D eigenvalue weighted by Gasteiger charge is 2.17. The van der Waals surface area contributed by atoms with E-state index in [1.807, 2.05) is 20.0 Å². The van der Waals surface area contributed by atoms with Crippen molar-refractivity contribution in [2.75, 3.05) is 14.2 Å². The van der Waals surface area contributed by atoms with E-state index < -0.39 is 6.10 Å². The summed E-state index contributed by atoms with van der Waals surface area (Å²) in [5, 5.41) is 14.7. The first-order valence-electron chi connectivity index (χ1n) is 5.96. The van der Waals surface area contributed by atoms with Crippen molar-refractivity contribution in [2.24, 2.45) is 7.05 Å². The lowest BCUT2D eigenvalue weighted by Gasteiger charge is -2.14. The van der Waals surface area contributed by atoms with Crippen molar-refractivity contribution in [1.29, 1.82) is 0 Å². The highest BCUT2D eigenvalue weighted by atomic mass is 16.5. The Labute approximate surface area is 112 Å². The molecule has 0 aliphatic carbocycles. The van der Waals surface area contributed by atoms with E-state index in [1.54, 1.807) is 37.1 Å². The van der Waals surface area contributed by atoms with Gasteiger partial charge in [-0.1, -0.05) is 0 Å². The minimum atomic E-state index is -0.768. The molecule has 0 saturated heterocycles. The number of hydrogen-bond donors (Lipinski definition) is 1. The number of rotatable bonds is 4. The van der Waals surface area contributed by atoms with E-state index >= 15 is 0 Å². The summed E-state index contributed by atoms with van der Waals surface area (Å²) >= 11 is 0. The van der Waals surface area contributed by atoms with Crippen molar-refractivity contribution >= 4 is 0 Å². The van der Waals surface area contributed by atoms with Crippen LogP contribution < -0.4 is 9.47 Å². The van der Waals surface area contributed by atoms with E-state index in [9.17, 15) is 5.11 Å². The smallest absolute Gasteiger partial charge is 0.122 e. The van der Waals surface area contributed by atoms with Crippen LogP contribution in [0.25, 0.3) is 0 Å². The van der Waals surface area contributed by atoms with Crippen LogP contribution in [0.5, 0.6) is 11.5 Å². The molecule has 0 radical (unpaired) electrons. The van der Waals surface area contributed by atoms with Crippen molar-refractivity contribution in [2.45, 2.75) is 13.0 Å². The Kier molecular flexibility index (Phi) is 3.76. The molecule has 5 heteroatoms. The molecule has 1 N–H and O–H groups in total. The number of aliphatic hydroxyl groups excluding tert-OH is 1. The standard InChI is InChI=1S/C14H18N2O3/c1-9-5-13(16(2)15-9)14(17)10-6-11(18-3)8-12(7-10)19-4/h5-8,14,17H,1-4H3. The van der Waals surface area contributed by atoms with Crippen LogP contribution in [-0.2, 0) is 7.05 Å². The quantitative estimate of drug-likeness (QED) is 0.913. The molecule has 2 rings (SSSR count). The third kappa shape index (κ3) is 2.71. The summed E-state index contributed by atoms with van der Waals surface area (Å²) in [6.45, 7) is 1.89. The molecule has 0 aliphatic heterocycles. The van der Waals surface area contributed by atoms with Gasteiger partial charge in [-0.2, -0.15) is 5.10 Å². The maximum absolute atomic E-state index is 10.5. The van der Waals surface area contributed by atoms with Crippen LogP contribution in [0.2, 0.25) is 0 Å². The number of ether oxygens (including phenoxy) is 2. The molecule has 1 unspecified atom stereocenters. The van der Waals surface area contributed by atoms with Crippen LogP contribution in [0.4, 0.5) is 0 Å². The normalized spacial score (nSPS) is 12.3. The second-order valence-electron chi connectivity index (χ2n) is 4.38. The Hall–Kier alpha value is -2.01. The largest absolute Gasteiger partial charge is 0.497 e. The molecule has 1 aromatic carbocycles. The molecule has 5 nitrogen and oxygen atoms in total. The molecule has 1 aromatic heterocycles. The molecule has 0 amide bonds. The lowest BCUT2D eigenvalue weighted by molar-refractivity contribution is 0.208. The van der Waals surface area contributed by atoms with Crippen LogP contribution in [0.1, 0.15) is 23.1 Å². The van der Waals surface area contributed by atoms with Gasteiger partial charge in [-0.25, -0.2) is 0 Å². The van der Waals surface area contributed by atoms with Gasteiger partial charge in [0.05, 0.1) is 25.6 Å². The van der Waals surface area contributed by atoms with E-state index in [1.165, 1.54) is 0 Å². The molecule has 2 aromatic rings. The Morgan fingerprint density at radius 2 is 1.68 bits per heavy atom. The third-order valence-electron chi connectivity index (χ3n) is 3.01. The number of aliphatic hydroxyl groups is 1. The Morgan fingerprint density at radius 1 is 1.11 bits per heavy atom.